The van der Waals surface area contributed by atoms with Gasteiger partial charge in [0.15, 0.2) is 0 Å². The minimum atomic E-state index is -0.00935. The number of aromatic amines is 3. The highest BCUT2D eigenvalue weighted by molar-refractivity contribution is 5.32. The van der Waals surface area contributed by atoms with Gasteiger partial charge in [0.1, 0.15) is 0 Å². The van der Waals surface area contributed by atoms with Crippen LogP contribution in [0.2, 0.25) is 0 Å². The van der Waals surface area contributed by atoms with Gasteiger partial charge in [-0.15, -0.1) is 0 Å². The average molecular weight is 607 g/mol. The molecule has 3 aromatic carbocycles. The summed E-state index contributed by atoms with van der Waals surface area (Å²) in [4.78, 5) is 35.0. The van der Waals surface area contributed by atoms with Crippen LogP contribution in [0.1, 0.15) is 76.4 Å². The summed E-state index contributed by atoms with van der Waals surface area (Å²) in [7, 11) is 0. The molecule has 6 rings (SSSR count). The lowest BCUT2D eigenvalue weighted by molar-refractivity contribution is 0.760. The van der Waals surface area contributed by atoms with Crippen LogP contribution in [0.4, 0.5) is 0 Å². The lowest BCUT2D eigenvalue weighted by Crippen LogP contribution is -2.12. The van der Waals surface area contributed by atoms with Crippen molar-refractivity contribution in [3.63, 3.8) is 0 Å². The molecule has 0 saturated carbocycles. The minimum Gasteiger partial charge on any atom is -0.295 e. The van der Waals surface area contributed by atoms with Crippen molar-refractivity contribution >= 4 is 0 Å². The molecular weight excluding hydrogens is 564 g/mol. The second-order valence-corrected chi connectivity index (χ2v) is 11.6. The molecule has 0 atom stereocenters. The molecule has 0 fully saturated rings. The molecule has 0 bridgehead atoms. The first kappa shape index (κ1) is 32.6. The fourth-order valence-corrected chi connectivity index (χ4v) is 4.44. The Morgan fingerprint density at radius 1 is 0.400 bits per heavy atom. The van der Waals surface area contributed by atoms with Crippen molar-refractivity contribution in [3.8, 4) is 17.1 Å². The van der Waals surface area contributed by atoms with E-state index in [2.05, 4.69) is 56.8 Å². The average Bonchev–Trinajstić information content (AvgIpc) is 3.75. The molecule has 234 valence electrons. The first-order valence-electron chi connectivity index (χ1n) is 15.2. The Labute approximate surface area is 262 Å². The van der Waals surface area contributed by atoms with E-state index < -0.39 is 0 Å². The van der Waals surface area contributed by atoms with Crippen molar-refractivity contribution < 1.29 is 0 Å². The van der Waals surface area contributed by atoms with Gasteiger partial charge in [-0.2, -0.15) is 0 Å². The third-order valence-corrected chi connectivity index (χ3v) is 7.13. The van der Waals surface area contributed by atoms with Crippen LogP contribution in [-0.2, 0) is 0 Å². The maximum atomic E-state index is 11.7. The number of H-pyrrole nitrogens is 3. The van der Waals surface area contributed by atoms with Gasteiger partial charge in [0.25, 0.3) is 16.7 Å². The zero-order chi connectivity index (χ0) is 32.5. The van der Waals surface area contributed by atoms with Crippen molar-refractivity contribution in [2.24, 2.45) is 0 Å². The second-order valence-electron chi connectivity index (χ2n) is 11.6. The summed E-state index contributed by atoms with van der Waals surface area (Å²) in [5, 5.41) is 9.30. The van der Waals surface area contributed by atoms with Crippen LogP contribution in [0.3, 0.4) is 0 Å². The monoisotopic (exact) mass is 606 g/mol. The van der Waals surface area contributed by atoms with Crippen LogP contribution >= 0.6 is 0 Å². The van der Waals surface area contributed by atoms with Crippen LogP contribution < -0.4 is 16.7 Å². The molecule has 3 heterocycles. The number of hydrogen-bond donors (Lipinski definition) is 3. The molecule has 0 saturated heterocycles. The topological polar surface area (TPSA) is 113 Å². The normalized spacial score (nSPS) is 10.9. The van der Waals surface area contributed by atoms with E-state index in [0.29, 0.717) is 17.8 Å². The largest absolute Gasteiger partial charge is 0.295 e. The van der Waals surface area contributed by atoms with Gasteiger partial charge in [0, 0.05) is 35.3 Å². The van der Waals surface area contributed by atoms with Gasteiger partial charge in [-0.25, -0.2) is 14.0 Å². The summed E-state index contributed by atoms with van der Waals surface area (Å²) in [6.07, 6.45) is 0. The Hall–Kier alpha value is -5.31. The zero-order valence-electron chi connectivity index (χ0n) is 26.7. The molecule has 0 aliphatic carbocycles. The van der Waals surface area contributed by atoms with Crippen LogP contribution in [0.15, 0.2) is 124 Å². The molecule has 0 aliphatic rings. The summed E-state index contributed by atoms with van der Waals surface area (Å²) in [6, 6.07) is 33.7. The lowest BCUT2D eigenvalue weighted by atomic mass is 10.1. The minimum absolute atomic E-state index is 0.00935. The fourth-order valence-electron chi connectivity index (χ4n) is 4.44. The van der Waals surface area contributed by atoms with Crippen LogP contribution in [-0.4, -0.2) is 29.3 Å². The van der Waals surface area contributed by atoms with Crippen LogP contribution in [0.25, 0.3) is 17.1 Å². The summed E-state index contributed by atoms with van der Waals surface area (Å²) in [5.74, 6) is 1.01. The summed E-state index contributed by atoms with van der Waals surface area (Å²) >= 11 is 0. The van der Waals surface area contributed by atoms with Crippen LogP contribution in [0, 0.1) is 0 Å². The maximum Gasteiger partial charge on any atom is 0.271 e. The van der Waals surface area contributed by atoms with Crippen molar-refractivity contribution in [1.29, 1.82) is 0 Å². The highest BCUT2D eigenvalue weighted by Gasteiger charge is 2.09. The lowest BCUT2D eigenvalue weighted by Gasteiger charge is -2.02. The summed E-state index contributed by atoms with van der Waals surface area (Å²) in [5.41, 5.74) is 5.47. The summed E-state index contributed by atoms with van der Waals surface area (Å²) < 4.78 is 4.69. The van der Waals surface area contributed by atoms with Gasteiger partial charge < -0.3 is 0 Å². The Kier molecular flexibility index (Phi) is 10.8. The van der Waals surface area contributed by atoms with Gasteiger partial charge in [-0.05, 0) is 54.2 Å². The molecular formula is C36H42N6O3. The number of nitrogens with zero attached hydrogens (tertiary/aromatic N) is 3. The highest BCUT2D eigenvalue weighted by Crippen LogP contribution is 2.13. The van der Waals surface area contributed by atoms with E-state index in [1.165, 1.54) is 0 Å². The first-order chi connectivity index (χ1) is 21.5. The fraction of sp³-hybridized carbons (Fsp3) is 0.250. The predicted molar refractivity (Wildman–Crippen MR) is 181 cm³/mol. The van der Waals surface area contributed by atoms with E-state index in [9.17, 15) is 14.4 Å². The smallest absolute Gasteiger partial charge is 0.271 e. The van der Waals surface area contributed by atoms with Gasteiger partial charge in [0.05, 0.1) is 17.1 Å². The van der Waals surface area contributed by atoms with E-state index in [-0.39, 0.29) is 16.7 Å². The number of rotatable bonds is 6. The third kappa shape index (κ3) is 8.41. The quantitative estimate of drug-likeness (QED) is 0.192. The van der Waals surface area contributed by atoms with E-state index in [4.69, 9.17) is 0 Å². The van der Waals surface area contributed by atoms with Crippen LogP contribution in [0.5, 0.6) is 0 Å². The molecule has 45 heavy (non-hydrogen) atoms. The number of benzene rings is 3. The van der Waals surface area contributed by atoms with E-state index in [1.807, 2.05) is 91.0 Å². The van der Waals surface area contributed by atoms with E-state index in [0.717, 1.165) is 34.1 Å². The highest BCUT2D eigenvalue weighted by atomic mass is 16.1. The standard InChI is InChI=1S/3C12H14N2O/c3*1-9(2)11-8-12(15)14(13-11)10-6-4-3-5-7-10/h3*3-9,13H,1-2H3. The molecule has 0 unspecified atom stereocenters. The van der Waals surface area contributed by atoms with Crippen molar-refractivity contribution in [1.82, 2.24) is 29.3 Å². The molecule has 3 N–H and O–H groups in total. The Morgan fingerprint density at radius 2 is 0.622 bits per heavy atom. The molecule has 0 amide bonds. The van der Waals surface area contributed by atoms with Crippen molar-refractivity contribution in [2.45, 2.75) is 59.3 Å². The number of hydrogen-bond acceptors (Lipinski definition) is 3. The Bertz CT molecular complexity index is 1710. The van der Waals surface area contributed by atoms with E-state index >= 15 is 0 Å². The van der Waals surface area contributed by atoms with Crippen molar-refractivity contribution in [3.05, 3.63) is 157 Å². The molecule has 6 aromatic rings. The van der Waals surface area contributed by atoms with Gasteiger partial charge >= 0.3 is 0 Å². The molecule has 9 nitrogen and oxygen atoms in total. The third-order valence-electron chi connectivity index (χ3n) is 7.13. The number of nitrogens with one attached hydrogen (secondary N) is 3. The number of para-hydroxylation sites is 3. The SMILES string of the molecule is CC(C)c1cc(=O)n(-c2ccccc2)[nH]1.CC(C)c1cc(=O)n(-c2ccccc2)[nH]1.CC(C)c1cc(=O)n(-c2ccccc2)[nH]1. The summed E-state index contributed by atoms with van der Waals surface area (Å²) in [6.45, 7) is 12.3. The Balaban J connectivity index is 0.000000154. The van der Waals surface area contributed by atoms with E-state index in [1.54, 1.807) is 32.2 Å². The predicted octanol–water partition coefficient (Wildman–Crippen LogP) is 6.87. The van der Waals surface area contributed by atoms with Gasteiger partial charge in [-0.3, -0.25) is 29.7 Å². The molecule has 0 aliphatic heterocycles. The van der Waals surface area contributed by atoms with Gasteiger partial charge in [-0.1, -0.05) is 96.1 Å². The molecule has 9 heteroatoms. The Morgan fingerprint density at radius 3 is 0.800 bits per heavy atom. The first-order valence-corrected chi connectivity index (χ1v) is 15.2. The molecule has 0 spiro atoms. The zero-order valence-corrected chi connectivity index (χ0v) is 26.7. The molecule has 0 radical (unpaired) electrons. The number of aromatic nitrogens is 6. The maximum absolute atomic E-state index is 11.7. The van der Waals surface area contributed by atoms with Crippen molar-refractivity contribution in [2.75, 3.05) is 0 Å². The molecule has 3 aromatic heterocycles. The second kappa shape index (κ2) is 14.9. The van der Waals surface area contributed by atoms with Gasteiger partial charge in [0.2, 0.25) is 0 Å².